The molecule has 3 heteroatoms. The summed E-state index contributed by atoms with van der Waals surface area (Å²) in [5.74, 6) is 0. The van der Waals surface area contributed by atoms with E-state index >= 15 is 0 Å². The molecule has 19 heavy (non-hydrogen) atoms. The second kappa shape index (κ2) is 4.55. The maximum Gasteiger partial charge on any atom is 0.112 e. The van der Waals surface area contributed by atoms with E-state index in [0.29, 0.717) is 6.04 Å². The third kappa shape index (κ3) is 2.14. The summed E-state index contributed by atoms with van der Waals surface area (Å²) in [5.41, 5.74) is 1.21. The Bertz CT molecular complexity index is 456. The Labute approximate surface area is 118 Å². The Balaban J connectivity index is 1.99. The molecule has 0 aromatic heterocycles. The summed E-state index contributed by atoms with van der Waals surface area (Å²) in [7, 11) is -0.505. The van der Waals surface area contributed by atoms with E-state index in [4.69, 9.17) is 4.52 Å². The molecular weight excluding hydrogens is 253 g/mol. The van der Waals surface area contributed by atoms with Crippen molar-refractivity contribution in [1.29, 1.82) is 0 Å². The molecule has 0 aliphatic carbocycles. The van der Waals surface area contributed by atoms with Crippen LogP contribution in [-0.2, 0) is 10.1 Å². The first-order valence-electron chi connectivity index (χ1n) is 7.24. The fourth-order valence-corrected chi connectivity index (χ4v) is 6.01. The normalized spacial score (nSPS) is 35.6. The number of nitrogens with zero attached hydrogens (tertiary/aromatic N) is 1. The van der Waals surface area contributed by atoms with Crippen LogP contribution < -0.4 is 0 Å². The highest BCUT2D eigenvalue weighted by molar-refractivity contribution is 7.52. The van der Waals surface area contributed by atoms with Gasteiger partial charge in [-0.25, -0.2) is 0 Å². The summed E-state index contributed by atoms with van der Waals surface area (Å²) in [6.45, 7) is 10.4. The van der Waals surface area contributed by atoms with Gasteiger partial charge in [0, 0.05) is 17.7 Å². The lowest BCUT2D eigenvalue weighted by molar-refractivity contribution is 0.0870. The van der Waals surface area contributed by atoms with E-state index in [1.54, 1.807) is 0 Å². The zero-order chi connectivity index (χ0) is 13.7. The van der Waals surface area contributed by atoms with Gasteiger partial charge in [0.15, 0.2) is 0 Å². The van der Waals surface area contributed by atoms with Crippen molar-refractivity contribution in [2.24, 2.45) is 0 Å². The van der Waals surface area contributed by atoms with Crippen LogP contribution in [0.3, 0.4) is 0 Å². The van der Waals surface area contributed by atoms with E-state index in [2.05, 4.69) is 62.7 Å². The first kappa shape index (κ1) is 13.5. The smallest absolute Gasteiger partial charge is 0.112 e. The highest BCUT2D eigenvalue weighted by Crippen LogP contribution is 2.67. The molecule has 1 aromatic carbocycles. The second-order valence-corrected chi connectivity index (χ2v) is 9.41. The Kier molecular flexibility index (Phi) is 3.24. The van der Waals surface area contributed by atoms with Crippen molar-refractivity contribution in [2.45, 2.75) is 57.3 Å². The second-order valence-electron chi connectivity index (χ2n) is 6.83. The van der Waals surface area contributed by atoms with E-state index < -0.39 is 8.30 Å². The summed E-state index contributed by atoms with van der Waals surface area (Å²) in [6.07, 6.45) is 2.58. The first-order chi connectivity index (χ1) is 8.93. The minimum Gasteiger partial charge on any atom is -0.331 e. The number of hydrogen-bond donors (Lipinski definition) is 0. The van der Waals surface area contributed by atoms with Gasteiger partial charge in [0.25, 0.3) is 0 Å². The zero-order valence-electron chi connectivity index (χ0n) is 12.4. The Morgan fingerprint density at radius 3 is 2.58 bits per heavy atom. The first-order valence-corrected chi connectivity index (χ1v) is 8.45. The van der Waals surface area contributed by atoms with Crippen LogP contribution in [0, 0.1) is 0 Å². The summed E-state index contributed by atoms with van der Waals surface area (Å²) in [4.78, 5) is 0. The molecule has 1 aromatic rings. The van der Waals surface area contributed by atoms with E-state index in [0.717, 1.165) is 0 Å². The molecule has 2 aliphatic rings. The van der Waals surface area contributed by atoms with Gasteiger partial charge in [-0.15, -0.1) is 0 Å². The molecule has 0 saturated carbocycles. The number of hydrogen-bond acceptors (Lipinski definition) is 2. The Morgan fingerprint density at radius 2 is 1.95 bits per heavy atom. The highest BCUT2D eigenvalue weighted by Gasteiger charge is 2.56. The molecule has 0 N–H and O–H groups in total. The Hall–Kier alpha value is -0.430. The lowest BCUT2D eigenvalue weighted by Gasteiger charge is -2.32. The molecule has 0 spiro atoms. The third-order valence-corrected chi connectivity index (χ3v) is 6.94. The standard InChI is InChI=1S/C16H24NOP/c1-15(2,3)19-17-12-8-11-14(17)16(4,18-19)13-9-6-5-7-10-13/h5-7,9-10,14H,8,11-12H2,1-4H3/t14-,16+,19?/m1/s1. The molecule has 2 nitrogen and oxygen atoms in total. The van der Waals surface area contributed by atoms with Gasteiger partial charge in [-0.05, 0) is 25.3 Å². The van der Waals surface area contributed by atoms with Crippen LogP contribution in [0.2, 0.25) is 0 Å². The molecule has 3 atom stereocenters. The molecule has 0 amide bonds. The molecule has 2 saturated heterocycles. The summed E-state index contributed by atoms with van der Waals surface area (Å²) >= 11 is 0. The van der Waals surface area contributed by atoms with Gasteiger partial charge in [0.05, 0.1) is 0 Å². The van der Waals surface area contributed by atoms with Crippen LogP contribution in [0.5, 0.6) is 0 Å². The van der Waals surface area contributed by atoms with Gasteiger partial charge in [-0.3, -0.25) is 4.67 Å². The molecule has 0 radical (unpaired) electrons. The molecule has 2 fully saturated rings. The van der Waals surface area contributed by atoms with E-state index in [1.807, 2.05) is 0 Å². The average molecular weight is 277 g/mol. The van der Waals surface area contributed by atoms with Crippen molar-refractivity contribution in [3.05, 3.63) is 35.9 Å². The van der Waals surface area contributed by atoms with Crippen molar-refractivity contribution >= 4 is 8.30 Å². The van der Waals surface area contributed by atoms with Crippen LogP contribution in [0.25, 0.3) is 0 Å². The summed E-state index contributed by atoms with van der Waals surface area (Å²) in [6, 6.07) is 11.3. The highest BCUT2D eigenvalue weighted by atomic mass is 31.2. The average Bonchev–Trinajstić information content (AvgIpc) is 2.93. The maximum atomic E-state index is 6.66. The van der Waals surface area contributed by atoms with Gasteiger partial charge in [-0.1, -0.05) is 51.1 Å². The molecule has 2 heterocycles. The predicted octanol–water partition coefficient (Wildman–Crippen LogP) is 4.51. The molecule has 2 aliphatic heterocycles. The number of fused-ring (bicyclic) bond motifs is 1. The molecule has 3 rings (SSSR count). The zero-order valence-corrected chi connectivity index (χ0v) is 13.3. The van der Waals surface area contributed by atoms with E-state index in [9.17, 15) is 0 Å². The van der Waals surface area contributed by atoms with Crippen molar-refractivity contribution < 1.29 is 4.52 Å². The maximum absolute atomic E-state index is 6.66. The van der Waals surface area contributed by atoms with Crippen molar-refractivity contribution in [3.63, 3.8) is 0 Å². The SMILES string of the molecule is CC(C)(C)P1O[C@@](C)(c2ccccc2)[C@H]2CCCN21. The lowest BCUT2D eigenvalue weighted by Crippen LogP contribution is -2.36. The monoisotopic (exact) mass is 277 g/mol. The largest absolute Gasteiger partial charge is 0.331 e. The van der Waals surface area contributed by atoms with Crippen LogP contribution in [0.1, 0.15) is 46.1 Å². The van der Waals surface area contributed by atoms with Gasteiger partial charge in [-0.2, -0.15) is 0 Å². The van der Waals surface area contributed by atoms with Crippen LogP contribution >= 0.6 is 8.30 Å². The van der Waals surface area contributed by atoms with Crippen LogP contribution in [0.15, 0.2) is 30.3 Å². The molecule has 1 unspecified atom stereocenters. The van der Waals surface area contributed by atoms with Gasteiger partial charge < -0.3 is 4.52 Å². The fourth-order valence-electron chi connectivity index (χ4n) is 3.36. The topological polar surface area (TPSA) is 12.5 Å². The van der Waals surface area contributed by atoms with Crippen LogP contribution in [0.4, 0.5) is 0 Å². The van der Waals surface area contributed by atoms with E-state index in [1.165, 1.54) is 24.9 Å². The van der Waals surface area contributed by atoms with Crippen LogP contribution in [-0.4, -0.2) is 22.4 Å². The third-order valence-electron chi connectivity index (χ3n) is 4.29. The molecular formula is C16H24NOP. The van der Waals surface area contributed by atoms with E-state index in [-0.39, 0.29) is 10.8 Å². The summed E-state index contributed by atoms with van der Waals surface area (Å²) in [5, 5.41) is 0.227. The lowest BCUT2D eigenvalue weighted by atomic mass is 9.87. The molecule has 104 valence electrons. The van der Waals surface area contributed by atoms with Crippen molar-refractivity contribution in [2.75, 3.05) is 6.54 Å². The fraction of sp³-hybridized carbons (Fsp3) is 0.625. The van der Waals surface area contributed by atoms with Gasteiger partial charge >= 0.3 is 0 Å². The van der Waals surface area contributed by atoms with Crippen molar-refractivity contribution in [3.8, 4) is 0 Å². The number of rotatable bonds is 1. The number of benzene rings is 1. The van der Waals surface area contributed by atoms with Gasteiger partial charge in [0.1, 0.15) is 13.9 Å². The molecule has 0 bridgehead atoms. The predicted molar refractivity (Wildman–Crippen MR) is 81.3 cm³/mol. The van der Waals surface area contributed by atoms with Gasteiger partial charge in [0.2, 0.25) is 0 Å². The minimum atomic E-state index is -0.505. The summed E-state index contributed by atoms with van der Waals surface area (Å²) < 4.78 is 9.31. The minimum absolute atomic E-state index is 0.128. The van der Waals surface area contributed by atoms with Crippen molar-refractivity contribution in [1.82, 2.24) is 4.67 Å². The Morgan fingerprint density at radius 1 is 1.26 bits per heavy atom. The quantitative estimate of drug-likeness (QED) is 0.700.